The minimum atomic E-state index is -3.91. The van der Waals surface area contributed by atoms with Crippen molar-refractivity contribution < 1.29 is 17.7 Å². The van der Waals surface area contributed by atoms with Gasteiger partial charge in [0.15, 0.2) is 11.6 Å². The standard InChI is InChI=1S/C18H21N7O4S/c1-11-16(12(2)29-21-11)30(27,28)25-9-5-8-15(25)18(26)19-14-7-4-6-13(10-14)17-20-22-23-24(17)3/h4,6-7,10,15H,5,8-9H2,1-3H3,(H,19,26)/t15-/m1/s1. The summed E-state index contributed by atoms with van der Waals surface area (Å²) in [5, 5.41) is 17.9. The zero-order chi connectivity index (χ0) is 21.5. The zero-order valence-corrected chi connectivity index (χ0v) is 17.5. The number of anilines is 1. The van der Waals surface area contributed by atoms with Crippen LogP contribution in [0.25, 0.3) is 11.4 Å². The van der Waals surface area contributed by atoms with Crippen molar-refractivity contribution in [3.05, 3.63) is 35.7 Å². The minimum Gasteiger partial charge on any atom is -0.360 e. The smallest absolute Gasteiger partial charge is 0.249 e. The van der Waals surface area contributed by atoms with Gasteiger partial charge in [-0.15, -0.1) is 5.10 Å². The van der Waals surface area contributed by atoms with Crippen molar-refractivity contribution in [3.63, 3.8) is 0 Å². The molecule has 0 unspecified atom stereocenters. The molecule has 1 aliphatic rings. The Morgan fingerprint density at radius 3 is 2.77 bits per heavy atom. The number of rotatable bonds is 5. The van der Waals surface area contributed by atoms with Crippen LogP contribution in [-0.2, 0) is 21.9 Å². The fourth-order valence-electron chi connectivity index (χ4n) is 3.69. The topological polar surface area (TPSA) is 136 Å². The highest BCUT2D eigenvalue weighted by molar-refractivity contribution is 7.89. The van der Waals surface area contributed by atoms with Gasteiger partial charge in [-0.25, -0.2) is 13.1 Å². The van der Waals surface area contributed by atoms with Gasteiger partial charge in [0.05, 0.1) is 0 Å². The Hall–Kier alpha value is -3.12. The van der Waals surface area contributed by atoms with Gasteiger partial charge in [0, 0.05) is 24.8 Å². The molecule has 158 valence electrons. The van der Waals surface area contributed by atoms with Gasteiger partial charge in [-0.3, -0.25) is 4.79 Å². The molecule has 3 heterocycles. The molecule has 1 atom stereocenters. The zero-order valence-electron chi connectivity index (χ0n) is 16.7. The summed E-state index contributed by atoms with van der Waals surface area (Å²) in [4.78, 5) is 13.0. The van der Waals surface area contributed by atoms with Gasteiger partial charge >= 0.3 is 0 Å². The lowest BCUT2D eigenvalue weighted by Gasteiger charge is -2.23. The van der Waals surface area contributed by atoms with Crippen molar-refractivity contribution in [2.45, 2.75) is 37.6 Å². The van der Waals surface area contributed by atoms with E-state index < -0.39 is 22.0 Å². The number of benzene rings is 1. The number of carbonyl (C=O) groups is 1. The molecular formula is C18H21N7O4S. The molecule has 2 aromatic heterocycles. The molecule has 1 N–H and O–H groups in total. The van der Waals surface area contributed by atoms with Gasteiger partial charge < -0.3 is 9.84 Å². The van der Waals surface area contributed by atoms with Crippen LogP contribution < -0.4 is 5.32 Å². The van der Waals surface area contributed by atoms with E-state index >= 15 is 0 Å². The van der Waals surface area contributed by atoms with Crippen molar-refractivity contribution in [1.29, 1.82) is 0 Å². The highest BCUT2D eigenvalue weighted by Crippen LogP contribution is 2.30. The normalized spacial score (nSPS) is 17.4. The van der Waals surface area contributed by atoms with Crippen LogP contribution >= 0.6 is 0 Å². The molecule has 1 saturated heterocycles. The fourth-order valence-corrected chi connectivity index (χ4v) is 5.64. The third-order valence-electron chi connectivity index (χ3n) is 5.05. The maximum absolute atomic E-state index is 13.2. The Balaban J connectivity index is 1.57. The molecule has 11 nitrogen and oxygen atoms in total. The Labute approximate surface area is 173 Å². The van der Waals surface area contributed by atoms with E-state index in [9.17, 15) is 13.2 Å². The van der Waals surface area contributed by atoms with Crippen LogP contribution in [-0.4, -0.2) is 56.6 Å². The first kappa shape index (κ1) is 20.2. The molecule has 1 fully saturated rings. The molecule has 3 aromatic rings. The summed E-state index contributed by atoms with van der Waals surface area (Å²) in [5.74, 6) is 0.370. The molecule has 1 aromatic carbocycles. The van der Waals surface area contributed by atoms with E-state index in [-0.39, 0.29) is 22.9 Å². The number of nitrogens with zero attached hydrogens (tertiary/aromatic N) is 6. The molecule has 0 bridgehead atoms. The second-order valence-electron chi connectivity index (χ2n) is 7.12. The third-order valence-corrected chi connectivity index (χ3v) is 7.20. The third kappa shape index (κ3) is 3.48. The molecule has 0 saturated carbocycles. The average Bonchev–Trinajstić information content (AvgIpc) is 3.42. The highest BCUT2D eigenvalue weighted by atomic mass is 32.2. The number of aryl methyl sites for hydroxylation is 3. The number of tetrazole rings is 1. The van der Waals surface area contributed by atoms with E-state index in [4.69, 9.17) is 4.52 Å². The second kappa shape index (κ2) is 7.61. The van der Waals surface area contributed by atoms with Crippen LogP contribution in [0.5, 0.6) is 0 Å². The Morgan fingerprint density at radius 1 is 1.30 bits per heavy atom. The lowest BCUT2D eigenvalue weighted by Crippen LogP contribution is -2.43. The van der Waals surface area contributed by atoms with Crippen LogP contribution in [0.1, 0.15) is 24.3 Å². The summed E-state index contributed by atoms with van der Waals surface area (Å²) in [7, 11) is -2.19. The van der Waals surface area contributed by atoms with Gasteiger partial charge in [-0.05, 0) is 49.2 Å². The maximum Gasteiger partial charge on any atom is 0.249 e. The largest absolute Gasteiger partial charge is 0.360 e. The molecule has 1 amide bonds. The summed E-state index contributed by atoms with van der Waals surface area (Å²) in [5.41, 5.74) is 1.54. The Bertz CT molecular complexity index is 1180. The highest BCUT2D eigenvalue weighted by Gasteiger charge is 2.41. The predicted molar refractivity (Wildman–Crippen MR) is 106 cm³/mol. The first-order chi connectivity index (χ1) is 14.3. The average molecular weight is 431 g/mol. The van der Waals surface area contributed by atoms with Crippen LogP contribution in [0.15, 0.2) is 33.7 Å². The number of amides is 1. The van der Waals surface area contributed by atoms with Crippen molar-refractivity contribution >= 4 is 21.6 Å². The summed E-state index contributed by atoms with van der Waals surface area (Å²) in [6, 6.07) is 6.25. The molecule has 0 spiro atoms. The van der Waals surface area contributed by atoms with Gasteiger partial charge in [-0.2, -0.15) is 4.31 Å². The van der Waals surface area contributed by atoms with Crippen LogP contribution in [0.2, 0.25) is 0 Å². The quantitative estimate of drug-likeness (QED) is 0.638. The van der Waals surface area contributed by atoms with Crippen LogP contribution in [0.4, 0.5) is 5.69 Å². The molecule has 12 heteroatoms. The number of hydrogen-bond acceptors (Lipinski definition) is 8. The lowest BCUT2D eigenvalue weighted by molar-refractivity contribution is -0.119. The van der Waals surface area contributed by atoms with Gasteiger partial charge in [-0.1, -0.05) is 17.3 Å². The number of sulfonamides is 1. The summed E-state index contributed by atoms with van der Waals surface area (Å²) < 4.78 is 34.1. The van der Waals surface area contributed by atoms with Crippen LogP contribution in [0.3, 0.4) is 0 Å². The monoisotopic (exact) mass is 431 g/mol. The minimum absolute atomic E-state index is 0.0268. The molecule has 1 aliphatic heterocycles. The number of aromatic nitrogens is 5. The van der Waals surface area contributed by atoms with E-state index in [0.29, 0.717) is 24.4 Å². The van der Waals surface area contributed by atoms with Gasteiger partial charge in [0.2, 0.25) is 15.9 Å². The maximum atomic E-state index is 13.2. The summed E-state index contributed by atoms with van der Waals surface area (Å²) >= 11 is 0. The summed E-state index contributed by atoms with van der Waals surface area (Å²) in [6.07, 6.45) is 1.02. The molecule has 0 radical (unpaired) electrons. The number of hydrogen-bond donors (Lipinski definition) is 1. The SMILES string of the molecule is Cc1noc(C)c1S(=O)(=O)N1CCC[C@@H]1C(=O)Nc1cccc(-c2nnnn2C)c1. The Morgan fingerprint density at radius 2 is 2.10 bits per heavy atom. The Kier molecular flexibility index (Phi) is 5.12. The van der Waals surface area contributed by atoms with Crippen molar-refractivity contribution in [3.8, 4) is 11.4 Å². The van der Waals surface area contributed by atoms with E-state index in [1.165, 1.54) is 8.99 Å². The van der Waals surface area contributed by atoms with Crippen molar-refractivity contribution in [1.82, 2.24) is 29.7 Å². The number of nitrogens with one attached hydrogen (secondary N) is 1. The summed E-state index contributed by atoms with van der Waals surface area (Å²) in [6.45, 7) is 3.38. The number of carbonyl (C=O) groups excluding carboxylic acids is 1. The van der Waals surface area contributed by atoms with E-state index in [1.54, 1.807) is 39.1 Å². The molecule has 30 heavy (non-hydrogen) atoms. The van der Waals surface area contributed by atoms with Gasteiger partial charge in [0.25, 0.3) is 0 Å². The van der Waals surface area contributed by atoms with Crippen molar-refractivity contribution in [2.24, 2.45) is 7.05 Å². The fraction of sp³-hybridized carbons (Fsp3) is 0.389. The van der Waals surface area contributed by atoms with Crippen LogP contribution in [0, 0.1) is 13.8 Å². The van der Waals surface area contributed by atoms with E-state index in [2.05, 4.69) is 26.0 Å². The molecule has 0 aliphatic carbocycles. The van der Waals surface area contributed by atoms with Gasteiger partial charge in [0.1, 0.15) is 16.6 Å². The van der Waals surface area contributed by atoms with Crippen molar-refractivity contribution in [2.75, 3.05) is 11.9 Å². The second-order valence-corrected chi connectivity index (χ2v) is 8.95. The van der Waals surface area contributed by atoms with E-state index in [1.807, 2.05) is 6.07 Å². The predicted octanol–water partition coefficient (Wildman–Crippen LogP) is 1.27. The molecule has 4 rings (SSSR count). The first-order valence-corrected chi connectivity index (χ1v) is 10.8. The molecular weight excluding hydrogens is 410 g/mol. The van der Waals surface area contributed by atoms with E-state index in [0.717, 1.165) is 5.56 Å². The first-order valence-electron chi connectivity index (χ1n) is 9.37. The lowest BCUT2D eigenvalue weighted by atomic mass is 10.1.